The van der Waals surface area contributed by atoms with Gasteiger partial charge in [0.25, 0.3) is 0 Å². The van der Waals surface area contributed by atoms with Crippen LogP contribution in [0.1, 0.15) is 33.1 Å². The van der Waals surface area contributed by atoms with Crippen molar-refractivity contribution in [2.24, 2.45) is 0 Å². The van der Waals surface area contributed by atoms with E-state index in [9.17, 15) is 9.59 Å². The lowest BCUT2D eigenvalue weighted by Gasteiger charge is -2.37. The van der Waals surface area contributed by atoms with Crippen LogP contribution >= 0.6 is 0 Å². The molecule has 2 unspecified atom stereocenters. The summed E-state index contributed by atoms with van der Waals surface area (Å²) in [4.78, 5) is 25.4. The van der Waals surface area contributed by atoms with E-state index in [4.69, 9.17) is 4.74 Å². The Kier molecular flexibility index (Phi) is 5.41. The number of amides is 2. The molecule has 0 saturated carbocycles. The van der Waals surface area contributed by atoms with E-state index >= 15 is 0 Å². The summed E-state index contributed by atoms with van der Waals surface area (Å²) < 4.78 is 4.97. The molecule has 1 rings (SSSR count). The fraction of sp³-hybridized carbons (Fsp3) is 0.833. The summed E-state index contributed by atoms with van der Waals surface area (Å²) in [5, 5.41) is 2.71. The van der Waals surface area contributed by atoms with Crippen LogP contribution in [0.5, 0.6) is 0 Å². The summed E-state index contributed by atoms with van der Waals surface area (Å²) in [5.41, 5.74) is 0. The molecule has 1 aliphatic rings. The van der Waals surface area contributed by atoms with Gasteiger partial charge in [0, 0.05) is 20.3 Å². The van der Waals surface area contributed by atoms with Crippen LogP contribution in [0, 0.1) is 0 Å². The lowest BCUT2D eigenvalue weighted by atomic mass is 10.1. The highest BCUT2D eigenvalue weighted by molar-refractivity contribution is 5.96. The smallest absolute Gasteiger partial charge is 0.245 e. The molecule has 2 atom stereocenters. The maximum Gasteiger partial charge on any atom is 0.245 e. The summed E-state index contributed by atoms with van der Waals surface area (Å²) >= 11 is 0. The van der Waals surface area contributed by atoms with Gasteiger partial charge in [0.2, 0.25) is 11.8 Å². The van der Waals surface area contributed by atoms with Crippen LogP contribution in [-0.4, -0.2) is 49.1 Å². The number of piperazine rings is 1. The van der Waals surface area contributed by atoms with E-state index in [1.54, 1.807) is 18.9 Å². The molecule has 1 fully saturated rings. The Morgan fingerprint density at radius 2 is 2.06 bits per heavy atom. The van der Waals surface area contributed by atoms with Gasteiger partial charge in [-0.1, -0.05) is 6.92 Å². The Balaban J connectivity index is 2.56. The van der Waals surface area contributed by atoms with Crippen molar-refractivity contribution in [3.8, 4) is 0 Å². The standard InChI is InChI=1S/C12H22N2O3/c1-4-10-11(15)13-9(2)12(16)14(10)7-5-6-8-17-3/h9-10H,4-8H2,1-3H3,(H,13,15). The normalized spacial score (nSPS) is 25.0. The molecule has 1 heterocycles. The molecule has 5 nitrogen and oxygen atoms in total. The van der Waals surface area contributed by atoms with Gasteiger partial charge in [0.1, 0.15) is 12.1 Å². The van der Waals surface area contributed by atoms with Gasteiger partial charge in [-0.2, -0.15) is 0 Å². The maximum absolute atomic E-state index is 12.0. The molecular formula is C12H22N2O3. The number of carbonyl (C=O) groups is 2. The zero-order valence-corrected chi connectivity index (χ0v) is 10.9. The predicted octanol–water partition coefficient (Wildman–Crippen LogP) is 0.539. The average molecular weight is 242 g/mol. The summed E-state index contributed by atoms with van der Waals surface area (Å²) in [6.45, 7) is 4.99. The van der Waals surface area contributed by atoms with E-state index in [-0.39, 0.29) is 17.9 Å². The third-order valence-corrected chi connectivity index (χ3v) is 3.08. The van der Waals surface area contributed by atoms with E-state index < -0.39 is 6.04 Å². The predicted molar refractivity (Wildman–Crippen MR) is 64.5 cm³/mol. The second kappa shape index (κ2) is 6.59. The minimum absolute atomic E-state index is 0.0221. The van der Waals surface area contributed by atoms with E-state index in [0.29, 0.717) is 19.6 Å². The number of ether oxygens (including phenoxy) is 1. The molecule has 5 heteroatoms. The van der Waals surface area contributed by atoms with Crippen LogP contribution in [0.3, 0.4) is 0 Å². The van der Waals surface area contributed by atoms with Gasteiger partial charge >= 0.3 is 0 Å². The summed E-state index contributed by atoms with van der Waals surface area (Å²) in [6.07, 6.45) is 2.44. The van der Waals surface area contributed by atoms with Gasteiger partial charge < -0.3 is 15.0 Å². The molecule has 0 bridgehead atoms. The van der Waals surface area contributed by atoms with Gasteiger partial charge in [0.15, 0.2) is 0 Å². The lowest BCUT2D eigenvalue weighted by Crippen LogP contribution is -2.62. The SMILES string of the molecule is CCC1C(=O)NC(C)C(=O)N1CCCCOC. The second-order valence-corrected chi connectivity index (χ2v) is 4.39. The van der Waals surface area contributed by atoms with Crippen LogP contribution < -0.4 is 5.32 Å². The zero-order chi connectivity index (χ0) is 12.8. The van der Waals surface area contributed by atoms with Gasteiger partial charge in [-0.05, 0) is 26.2 Å². The Morgan fingerprint density at radius 3 is 2.65 bits per heavy atom. The first-order chi connectivity index (χ1) is 8.11. The van der Waals surface area contributed by atoms with E-state index in [2.05, 4.69) is 5.32 Å². The molecule has 1 aliphatic heterocycles. The fourth-order valence-electron chi connectivity index (χ4n) is 2.12. The molecule has 0 aliphatic carbocycles. The number of hydrogen-bond acceptors (Lipinski definition) is 3. The third kappa shape index (κ3) is 3.43. The monoisotopic (exact) mass is 242 g/mol. The Hall–Kier alpha value is -1.10. The van der Waals surface area contributed by atoms with Gasteiger partial charge in [-0.15, -0.1) is 0 Å². The first-order valence-electron chi connectivity index (χ1n) is 6.21. The Bertz CT molecular complexity index is 281. The van der Waals surface area contributed by atoms with E-state index in [0.717, 1.165) is 12.8 Å². The largest absolute Gasteiger partial charge is 0.385 e. The highest BCUT2D eigenvalue weighted by Crippen LogP contribution is 2.14. The van der Waals surface area contributed by atoms with Crippen molar-refractivity contribution in [3.63, 3.8) is 0 Å². The van der Waals surface area contributed by atoms with Crippen molar-refractivity contribution >= 4 is 11.8 Å². The Labute approximate surface area is 102 Å². The van der Waals surface area contributed by atoms with Crippen molar-refractivity contribution < 1.29 is 14.3 Å². The van der Waals surface area contributed by atoms with Gasteiger partial charge in [-0.3, -0.25) is 9.59 Å². The molecule has 1 N–H and O–H groups in total. The van der Waals surface area contributed by atoms with Crippen molar-refractivity contribution in [3.05, 3.63) is 0 Å². The second-order valence-electron chi connectivity index (χ2n) is 4.39. The number of unbranched alkanes of at least 4 members (excludes halogenated alkanes) is 1. The number of nitrogens with zero attached hydrogens (tertiary/aromatic N) is 1. The van der Waals surface area contributed by atoms with Crippen LogP contribution in [0.4, 0.5) is 0 Å². The molecule has 98 valence electrons. The van der Waals surface area contributed by atoms with Gasteiger partial charge in [-0.25, -0.2) is 0 Å². The highest BCUT2D eigenvalue weighted by Gasteiger charge is 2.36. The molecule has 0 aromatic rings. The van der Waals surface area contributed by atoms with Crippen molar-refractivity contribution in [2.45, 2.75) is 45.2 Å². The first-order valence-corrected chi connectivity index (χ1v) is 6.21. The third-order valence-electron chi connectivity index (χ3n) is 3.08. The summed E-state index contributed by atoms with van der Waals surface area (Å²) in [7, 11) is 1.66. The van der Waals surface area contributed by atoms with Crippen LogP contribution in [0.2, 0.25) is 0 Å². The van der Waals surface area contributed by atoms with Crippen molar-refractivity contribution in [1.29, 1.82) is 0 Å². The number of rotatable bonds is 6. The van der Waals surface area contributed by atoms with Crippen LogP contribution in [-0.2, 0) is 14.3 Å². The quantitative estimate of drug-likeness (QED) is 0.692. The zero-order valence-electron chi connectivity index (χ0n) is 10.9. The molecule has 0 aromatic heterocycles. The highest BCUT2D eigenvalue weighted by atomic mass is 16.5. The number of carbonyl (C=O) groups excluding carboxylic acids is 2. The molecule has 2 amide bonds. The van der Waals surface area contributed by atoms with Crippen molar-refractivity contribution in [1.82, 2.24) is 10.2 Å². The molecule has 17 heavy (non-hydrogen) atoms. The molecule has 0 aromatic carbocycles. The van der Waals surface area contributed by atoms with Gasteiger partial charge in [0.05, 0.1) is 0 Å². The first kappa shape index (κ1) is 14.0. The van der Waals surface area contributed by atoms with Crippen molar-refractivity contribution in [2.75, 3.05) is 20.3 Å². The topological polar surface area (TPSA) is 58.6 Å². The minimum atomic E-state index is -0.396. The van der Waals surface area contributed by atoms with Crippen LogP contribution in [0.15, 0.2) is 0 Å². The molecule has 0 spiro atoms. The number of nitrogens with one attached hydrogen (secondary N) is 1. The maximum atomic E-state index is 12.0. The summed E-state index contributed by atoms with van der Waals surface area (Å²) in [5.74, 6) is -0.0137. The molecule has 0 radical (unpaired) electrons. The van der Waals surface area contributed by atoms with Crippen LogP contribution in [0.25, 0.3) is 0 Å². The minimum Gasteiger partial charge on any atom is -0.385 e. The van der Waals surface area contributed by atoms with E-state index in [1.165, 1.54) is 0 Å². The lowest BCUT2D eigenvalue weighted by molar-refractivity contribution is -0.149. The van der Waals surface area contributed by atoms with E-state index in [1.807, 2.05) is 6.92 Å². The molecular weight excluding hydrogens is 220 g/mol. The summed E-state index contributed by atoms with van der Waals surface area (Å²) in [6, 6.07) is -0.700. The number of methoxy groups -OCH3 is 1. The fourth-order valence-corrected chi connectivity index (χ4v) is 2.12. The Morgan fingerprint density at radius 1 is 1.35 bits per heavy atom. The number of hydrogen-bond donors (Lipinski definition) is 1. The average Bonchev–Trinajstić information content (AvgIpc) is 2.30. The molecule has 1 saturated heterocycles.